The van der Waals surface area contributed by atoms with Gasteiger partial charge in [-0.1, -0.05) is 108 Å². The summed E-state index contributed by atoms with van der Waals surface area (Å²) in [6, 6.07) is 32.3. The van der Waals surface area contributed by atoms with Gasteiger partial charge >= 0.3 is 8.38 Å². The molecule has 0 bridgehead atoms. The quantitative estimate of drug-likeness (QED) is 0.185. The Balaban J connectivity index is 1.79. The van der Waals surface area contributed by atoms with E-state index in [9.17, 15) is 4.79 Å². The highest BCUT2D eigenvalue weighted by molar-refractivity contribution is 7.56. The fraction of sp³-hybridized carbons (Fsp3) is 0.324. The van der Waals surface area contributed by atoms with Crippen molar-refractivity contribution >= 4 is 19.6 Å². The van der Waals surface area contributed by atoms with Crippen LogP contribution in [0.5, 0.6) is 11.5 Å². The van der Waals surface area contributed by atoms with Gasteiger partial charge in [0.25, 0.3) is 5.91 Å². The molecule has 0 fully saturated rings. The van der Waals surface area contributed by atoms with Crippen molar-refractivity contribution in [1.29, 1.82) is 0 Å². The monoisotopic (exact) mass is 581 g/mol. The van der Waals surface area contributed by atoms with Gasteiger partial charge in [-0.15, -0.1) is 0 Å². The van der Waals surface area contributed by atoms with E-state index in [0.717, 1.165) is 27.7 Å². The molecule has 0 saturated heterocycles. The van der Waals surface area contributed by atoms with Gasteiger partial charge in [0.1, 0.15) is 11.5 Å². The van der Waals surface area contributed by atoms with Crippen LogP contribution in [0.25, 0.3) is 11.1 Å². The first-order chi connectivity index (χ1) is 19.9. The van der Waals surface area contributed by atoms with Crippen molar-refractivity contribution in [2.45, 2.75) is 66.2 Å². The van der Waals surface area contributed by atoms with Crippen LogP contribution in [0.1, 0.15) is 76.9 Å². The SMILES string of the molecule is CCN(CC)C(=O)c1ccccc1-c1ccccc1OP(Oc1ccc(C(C)(C)C)cc1C(C)(C)C)c1ccccc1. The number of rotatable bonds is 9. The standard InChI is InChI=1S/C37H44NO3P/c1-9-38(10-2)35(39)31-22-15-14-20-29(31)30-21-16-17-23-33(30)40-42(28-18-12-11-13-19-28)41-34-25-24-27(36(3,4)5)26-32(34)37(6,7)8/h11-26H,9-10H2,1-8H3. The predicted octanol–water partition coefficient (Wildman–Crippen LogP) is 9.53. The first-order valence-corrected chi connectivity index (χ1v) is 16.0. The van der Waals surface area contributed by atoms with Crippen LogP contribution in [0.3, 0.4) is 0 Å². The van der Waals surface area contributed by atoms with Crippen molar-refractivity contribution in [2.24, 2.45) is 0 Å². The van der Waals surface area contributed by atoms with Gasteiger partial charge in [0, 0.05) is 29.8 Å². The largest absolute Gasteiger partial charge is 0.435 e. The molecule has 0 aliphatic rings. The second-order valence-electron chi connectivity index (χ2n) is 12.5. The van der Waals surface area contributed by atoms with Gasteiger partial charge in [-0.25, -0.2) is 0 Å². The fourth-order valence-electron chi connectivity index (χ4n) is 4.87. The molecular weight excluding hydrogens is 537 g/mol. The number of hydrogen-bond donors (Lipinski definition) is 0. The van der Waals surface area contributed by atoms with Gasteiger partial charge in [-0.3, -0.25) is 4.79 Å². The molecule has 4 aromatic carbocycles. The second-order valence-corrected chi connectivity index (χ2v) is 13.9. The van der Waals surface area contributed by atoms with Gasteiger partial charge in [0.05, 0.1) is 5.30 Å². The molecule has 0 spiro atoms. The Hall–Kier alpha value is -3.62. The molecule has 0 aromatic heterocycles. The lowest BCUT2D eigenvalue weighted by Gasteiger charge is -2.29. The minimum absolute atomic E-state index is 0.0146. The van der Waals surface area contributed by atoms with E-state index < -0.39 is 8.38 Å². The highest BCUT2D eigenvalue weighted by atomic mass is 31.2. The maximum absolute atomic E-state index is 13.5. The summed E-state index contributed by atoms with van der Waals surface area (Å²) in [6.45, 7) is 18.7. The molecule has 4 nitrogen and oxygen atoms in total. The molecule has 1 unspecified atom stereocenters. The average molecular weight is 582 g/mol. The van der Waals surface area contributed by atoms with Crippen molar-refractivity contribution < 1.29 is 13.8 Å². The number of amides is 1. The molecule has 4 rings (SSSR count). The Morgan fingerprint density at radius 2 is 1.24 bits per heavy atom. The maximum Gasteiger partial charge on any atom is 0.326 e. The lowest BCUT2D eigenvalue weighted by Crippen LogP contribution is -2.30. The van der Waals surface area contributed by atoms with Crippen molar-refractivity contribution in [3.05, 3.63) is 114 Å². The van der Waals surface area contributed by atoms with E-state index in [4.69, 9.17) is 9.05 Å². The summed E-state index contributed by atoms with van der Waals surface area (Å²) in [5.41, 5.74) is 4.67. The van der Waals surface area contributed by atoms with Crippen LogP contribution in [0, 0.1) is 0 Å². The Bertz CT molecular complexity index is 1500. The van der Waals surface area contributed by atoms with Crippen LogP contribution in [-0.2, 0) is 10.8 Å². The number of carbonyl (C=O) groups is 1. The molecule has 42 heavy (non-hydrogen) atoms. The van der Waals surface area contributed by atoms with Gasteiger partial charge in [0.15, 0.2) is 0 Å². The molecule has 1 atom stereocenters. The molecule has 0 saturated carbocycles. The first-order valence-electron chi connectivity index (χ1n) is 14.8. The molecule has 0 aliphatic heterocycles. The van der Waals surface area contributed by atoms with Crippen LogP contribution in [0.15, 0.2) is 97.1 Å². The molecule has 0 aliphatic carbocycles. The third-order valence-electron chi connectivity index (χ3n) is 7.37. The summed E-state index contributed by atoms with van der Waals surface area (Å²) in [6.07, 6.45) is 0. The van der Waals surface area contributed by atoms with Crippen molar-refractivity contribution in [3.63, 3.8) is 0 Å². The number of carbonyl (C=O) groups excluding carboxylic acids is 1. The third-order valence-corrected chi connectivity index (χ3v) is 8.81. The normalized spacial score (nSPS) is 12.5. The highest BCUT2D eigenvalue weighted by Gasteiger charge is 2.28. The van der Waals surface area contributed by atoms with Crippen molar-refractivity contribution in [2.75, 3.05) is 13.1 Å². The molecule has 5 heteroatoms. The molecule has 0 N–H and O–H groups in total. The van der Waals surface area contributed by atoms with Gasteiger partial charge in [0.2, 0.25) is 0 Å². The van der Waals surface area contributed by atoms with E-state index in [1.54, 1.807) is 0 Å². The van der Waals surface area contributed by atoms with Crippen molar-refractivity contribution in [1.82, 2.24) is 4.90 Å². The number of benzene rings is 4. The van der Waals surface area contributed by atoms with E-state index >= 15 is 0 Å². The van der Waals surface area contributed by atoms with Crippen LogP contribution in [0.2, 0.25) is 0 Å². The van der Waals surface area contributed by atoms with E-state index in [1.165, 1.54) is 5.56 Å². The van der Waals surface area contributed by atoms with Crippen LogP contribution in [-0.4, -0.2) is 23.9 Å². The van der Waals surface area contributed by atoms with E-state index in [2.05, 4.69) is 59.7 Å². The lowest BCUT2D eigenvalue weighted by molar-refractivity contribution is 0.0773. The minimum atomic E-state index is -1.55. The summed E-state index contributed by atoms with van der Waals surface area (Å²) in [4.78, 5) is 15.3. The Morgan fingerprint density at radius 1 is 0.667 bits per heavy atom. The predicted molar refractivity (Wildman–Crippen MR) is 177 cm³/mol. The number of nitrogens with zero attached hydrogens (tertiary/aromatic N) is 1. The Kier molecular flexibility index (Phi) is 9.79. The van der Waals surface area contributed by atoms with Crippen LogP contribution >= 0.6 is 8.38 Å². The topological polar surface area (TPSA) is 38.8 Å². The van der Waals surface area contributed by atoms with Gasteiger partial charge < -0.3 is 13.9 Å². The highest BCUT2D eigenvalue weighted by Crippen LogP contribution is 2.46. The molecule has 0 radical (unpaired) electrons. The number of para-hydroxylation sites is 1. The Morgan fingerprint density at radius 3 is 1.86 bits per heavy atom. The first kappa shape index (κ1) is 31.3. The molecule has 220 valence electrons. The van der Waals surface area contributed by atoms with E-state index in [0.29, 0.717) is 24.4 Å². The zero-order valence-electron chi connectivity index (χ0n) is 26.3. The smallest absolute Gasteiger partial charge is 0.326 e. The molecular formula is C37H44NO3P. The van der Waals surface area contributed by atoms with Crippen LogP contribution < -0.4 is 14.4 Å². The average Bonchev–Trinajstić information content (AvgIpc) is 2.97. The Labute approximate surface area is 253 Å². The zero-order chi connectivity index (χ0) is 30.5. The molecule has 1 amide bonds. The summed E-state index contributed by atoms with van der Waals surface area (Å²) < 4.78 is 13.7. The van der Waals surface area contributed by atoms with Gasteiger partial charge in [-0.05, 0) is 66.1 Å². The van der Waals surface area contributed by atoms with Gasteiger partial charge in [-0.2, -0.15) is 0 Å². The summed E-state index contributed by atoms with van der Waals surface area (Å²) in [7, 11) is -1.55. The van der Waals surface area contributed by atoms with Crippen molar-refractivity contribution in [3.8, 4) is 22.6 Å². The summed E-state index contributed by atoms with van der Waals surface area (Å²) >= 11 is 0. The van der Waals surface area contributed by atoms with Crippen LogP contribution in [0.4, 0.5) is 0 Å². The maximum atomic E-state index is 13.5. The van der Waals surface area contributed by atoms with E-state index in [1.807, 2.05) is 97.6 Å². The molecule has 4 aromatic rings. The second kappa shape index (κ2) is 13.1. The minimum Gasteiger partial charge on any atom is -0.435 e. The number of hydrogen-bond acceptors (Lipinski definition) is 3. The van der Waals surface area contributed by atoms with E-state index in [-0.39, 0.29) is 16.7 Å². The lowest BCUT2D eigenvalue weighted by atomic mass is 9.80. The third kappa shape index (κ3) is 7.23. The molecule has 0 heterocycles. The summed E-state index contributed by atoms with van der Waals surface area (Å²) in [5, 5.41) is 0.967. The fourth-order valence-corrected chi connectivity index (χ4v) is 6.21. The summed E-state index contributed by atoms with van der Waals surface area (Å²) in [5.74, 6) is 1.51. The zero-order valence-corrected chi connectivity index (χ0v) is 27.2.